The van der Waals surface area contributed by atoms with Gasteiger partial charge in [-0.15, -0.1) is 0 Å². The Morgan fingerprint density at radius 1 is 1.19 bits per heavy atom. The van der Waals surface area contributed by atoms with Crippen LogP contribution in [-0.4, -0.2) is 71.3 Å². The van der Waals surface area contributed by atoms with Crippen molar-refractivity contribution < 1.29 is 19.2 Å². The Bertz CT molecular complexity index is 990. The molecule has 8 nitrogen and oxygen atoms in total. The van der Waals surface area contributed by atoms with Crippen molar-refractivity contribution in [2.24, 2.45) is 11.8 Å². The number of halogens is 1. The van der Waals surface area contributed by atoms with Gasteiger partial charge in [-0.3, -0.25) is 9.69 Å². The van der Waals surface area contributed by atoms with Gasteiger partial charge < -0.3 is 19.4 Å². The molecule has 4 rings (SSSR count). The van der Waals surface area contributed by atoms with Crippen LogP contribution < -0.4 is 4.90 Å². The molecule has 1 aromatic carbocycles. The number of likely N-dealkylation sites (tertiary alicyclic amines) is 2. The third-order valence-electron chi connectivity index (χ3n) is 6.65. The number of benzene rings is 1. The second-order valence-corrected chi connectivity index (χ2v) is 9.32. The van der Waals surface area contributed by atoms with Gasteiger partial charge in [0.15, 0.2) is 0 Å². The number of aromatic nitrogens is 1. The van der Waals surface area contributed by atoms with E-state index in [4.69, 9.17) is 16.1 Å². The van der Waals surface area contributed by atoms with Crippen molar-refractivity contribution in [2.45, 2.75) is 27.2 Å². The summed E-state index contributed by atoms with van der Waals surface area (Å²) in [5.74, 6) is 1.48. The summed E-state index contributed by atoms with van der Waals surface area (Å²) in [4.78, 5) is 30.3. The topological polar surface area (TPSA) is 90.1 Å². The number of carboxylic acid groups (broad SMARTS) is 1. The summed E-state index contributed by atoms with van der Waals surface area (Å²) in [5, 5.41) is 14.1. The normalized spacial score (nSPS) is 20.6. The molecule has 0 spiro atoms. The molecule has 2 amide bonds. The molecular weight excluding hydrogens is 432 g/mol. The Morgan fingerprint density at radius 3 is 2.44 bits per heavy atom. The van der Waals surface area contributed by atoms with E-state index < -0.39 is 6.09 Å². The van der Waals surface area contributed by atoms with Gasteiger partial charge in [-0.05, 0) is 63.3 Å². The molecule has 2 saturated heterocycles. The molecule has 0 bridgehead atoms. The first-order valence-electron chi connectivity index (χ1n) is 11.0. The fourth-order valence-corrected chi connectivity index (χ4v) is 5.10. The first-order valence-corrected chi connectivity index (χ1v) is 11.3. The number of fused-ring (bicyclic) bond motifs is 1. The van der Waals surface area contributed by atoms with Crippen LogP contribution in [0.2, 0.25) is 5.02 Å². The van der Waals surface area contributed by atoms with Crippen LogP contribution in [0.15, 0.2) is 22.7 Å². The zero-order valence-corrected chi connectivity index (χ0v) is 19.4. The van der Waals surface area contributed by atoms with Crippen LogP contribution in [0, 0.1) is 32.6 Å². The molecular formula is C23H29ClN4O4. The van der Waals surface area contributed by atoms with E-state index in [-0.39, 0.29) is 5.91 Å². The minimum Gasteiger partial charge on any atom is -0.465 e. The molecule has 2 aliphatic heterocycles. The summed E-state index contributed by atoms with van der Waals surface area (Å²) < 4.78 is 5.15. The highest BCUT2D eigenvalue weighted by Gasteiger charge is 2.42. The van der Waals surface area contributed by atoms with E-state index in [1.807, 2.05) is 17.9 Å². The Hall–Kier alpha value is -2.58. The van der Waals surface area contributed by atoms with E-state index in [2.05, 4.69) is 10.1 Å². The maximum absolute atomic E-state index is 12.9. The van der Waals surface area contributed by atoms with Crippen molar-refractivity contribution in [3.8, 4) is 0 Å². The quantitative estimate of drug-likeness (QED) is 0.704. The summed E-state index contributed by atoms with van der Waals surface area (Å²) in [6.45, 7) is 10.1. The molecule has 2 aliphatic rings. The number of amides is 2. The average molecular weight is 461 g/mol. The predicted molar refractivity (Wildman–Crippen MR) is 121 cm³/mol. The standard InChI is InChI=1S/C23H29ClN4O4/c1-14-5-6-19(9-20(14)24)28(23(30)31)8-4-7-26-10-17-12-27(13-18(17)11-26)22(29)21-15(2)25-32-16(21)3/h5-6,9,17-18H,4,7-8,10-13H2,1-3H3,(H,30,31). The van der Waals surface area contributed by atoms with Gasteiger partial charge in [-0.1, -0.05) is 22.8 Å². The molecule has 2 unspecified atom stereocenters. The fraction of sp³-hybridized carbons (Fsp3) is 0.522. The average Bonchev–Trinajstić information content (AvgIpc) is 3.40. The maximum atomic E-state index is 12.9. The monoisotopic (exact) mass is 460 g/mol. The van der Waals surface area contributed by atoms with Crippen molar-refractivity contribution in [2.75, 3.05) is 44.2 Å². The predicted octanol–water partition coefficient (Wildman–Crippen LogP) is 3.83. The summed E-state index contributed by atoms with van der Waals surface area (Å²) in [5.41, 5.74) is 2.75. The Labute approximate surface area is 192 Å². The van der Waals surface area contributed by atoms with Crippen molar-refractivity contribution in [1.29, 1.82) is 0 Å². The highest BCUT2D eigenvalue weighted by atomic mass is 35.5. The van der Waals surface area contributed by atoms with Gasteiger partial charge in [-0.2, -0.15) is 0 Å². The lowest BCUT2D eigenvalue weighted by Crippen LogP contribution is -2.35. The number of anilines is 1. The number of hydrogen-bond donors (Lipinski definition) is 1. The van der Waals surface area contributed by atoms with E-state index in [0.717, 1.165) is 44.7 Å². The highest BCUT2D eigenvalue weighted by Crippen LogP contribution is 2.33. The van der Waals surface area contributed by atoms with Gasteiger partial charge in [0.05, 0.1) is 5.69 Å². The molecule has 2 atom stereocenters. The molecule has 2 fully saturated rings. The highest BCUT2D eigenvalue weighted by molar-refractivity contribution is 6.31. The van der Waals surface area contributed by atoms with Gasteiger partial charge in [-0.25, -0.2) is 4.79 Å². The molecule has 3 heterocycles. The zero-order valence-electron chi connectivity index (χ0n) is 18.7. The van der Waals surface area contributed by atoms with Crippen molar-refractivity contribution in [1.82, 2.24) is 15.0 Å². The number of carbonyl (C=O) groups is 2. The largest absolute Gasteiger partial charge is 0.465 e. The van der Waals surface area contributed by atoms with Gasteiger partial charge in [0.2, 0.25) is 0 Å². The number of rotatable bonds is 6. The Morgan fingerprint density at radius 2 is 1.88 bits per heavy atom. The fourth-order valence-electron chi connectivity index (χ4n) is 4.92. The van der Waals surface area contributed by atoms with Crippen molar-refractivity contribution in [3.63, 3.8) is 0 Å². The maximum Gasteiger partial charge on any atom is 0.411 e. The summed E-state index contributed by atoms with van der Waals surface area (Å²) in [6, 6.07) is 5.33. The lowest BCUT2D eigenvalue weighted by Gasteiger charge is -2.24. The molecule has 1 N–H and O–H groups in total. The van der Waals surface area contributed by atoms with Gasteiger partial charge in [0, 0.05) is 43.4 Å². The summed E-state index contributed by atoms with van der Waals surface area (Å²) >= 11 is 6.17. The molecule has 2 aromatic rings. The van der Waals surface area contributed by atoms with Crippen LogP contribution in [0.3, 0.4) is 0 Å². The van der Waals surface area contributed by atoms with E-state index >= 15 is 0 Å². The minimum atomic E-state index is -0.975. The van der Waals surface area contributed by atoms with E-state index in [1.54, 1.807) is 26.0 Å². The van der Waals surface area contributed by atoms with Gasteiger partial charge in [0.1, 0.15) is 11.3 Å². The number of aryl methyl sites for hydroxylation is 3. The van der Waals surface area contributed by atoms with E-state index in [9.17, 15) is 14.7 Å². The third-order valence-corrected chi connectivity index (χ3v) is 7.06. The van der Waals surface area contributed by atoms with Crippen LogP contribution in [0.25, 0.3) is 0 Å². The van der Waals surface area contributed by atoms with Crippen LogP contribution in [-0.2, 0) is 0 Å². The number of nitrogens with zero attached hydrogens (tertiary/aromatic N) is 4. The molecule has 1 aromatic heterocycles. The molecule has 0 radical (unpaired) electrons. The van der Waals surface area contributed by atoms with Crippen LogP contribution in [0.1, 0.15) is 33.8 Å². The minimum absolute atomic E-state index is 0.0102. The van der Waals surface area contributed by atoms with Crippen LogP contribution in [0.5, 0.6) is 0 Å². The second kappa shape index (κ2) is 9.11. The van der Waals surface area contributed by atoms with Gasteiger partial charge in [0.25, 0.3) is 5.91 Å². The van der Waals surface area contributed by atoms with Crippen LogP contribution in [0.4, 0.5) is 10.5 Å². The smallest absolute Gasteiger partial charge is 0.411 e. The van der Waals surface area contributed by atoms with E-state index in [1.165, 1.54) is 4.90 Å². The molecule has 0 aliphatic carbocycles. The summed E-state index contributed by atoms with van der Waals surface area (Å²) in [7, 11) is 0. The Kier molecular flexibility index (Phi) is 6.44. The number of hydrogen-bond acceptors (Lipinski definition) is 5. The second-order valence-electron chi connectivity index (χ2n) is 8.91. The lowest BCUT2D eigenvalue weighted by molar-refractivity contribution is 0.0771. The first-order chi connectivity index (χ1) is 15.2. The zero-order chi connectivity index (χ0) is 23.0. The molecule has 0 saturated carbocycles. The SMILES string of the molecule is Cc1ccc(N(CCCN2CC3CN(C(=O)c4c(C)noc4C)CC3C2)C(=O)O)cc1Cl. The lowest BCUT2D eigenvalue weighted by atomic mass is 10.0. The first kappa shape index (κ1) is 22.6. The van der Waals surface area contributed by atoms with Crippen LogP contribution >= 0.6 is 11.6 Å². The molecule has 172 valence electrons. The third kappa shape index (κ3) is 4.47. The Balaban J connectivity index is 1.28. The van der Waals surface area contributed by atoms with E-state index in [0.29, 0.717) is 46.1 Å². The molecule has 32 heavy (non-hydrogen) atoms. The van der Waals surface area contributed by atoms with Crippen molar-refractivity contribution in [3.05, 3.63) is 45.8 Å². The molecule has 9 heteroatoms. The van der Waals surface area contributed by atoms with Crippen molar-refractivity contribution >= 4 is 29.3 Å². The number of carbonyl (C=O) groups excluding carboxylic acids is 1. The van der Waals surface area contributed by atoms with Gasteiger partial charge >= 0.3 is 6.09 Å². The summed E-state index contributed by atoms with van der Waals surface area (Å²) in [6.07, 6.45) is -0.240.